The molecule has 2 aliphatic carbocycles. The Labute approximate surface area is 344 Å². The van der Waals surface area contributed by atoms with Gasteiger partial charge >= 0.3 is 0 Å². The van der Waals surface area contributed by atoms with Gasteiger partial charge in [-0.15, -0.1) is 0 Å². The molecule has 0 aliphatic heterocycles. The van der Waals surface area contributed by atoms with Crippen LogP contribution in [0.1, 0.15) is 50.7 Å². The van der Waals surface area contributed by atoms with E-state index in [0.29, 0.717) is 0 Å². The van der Waals surface area contributed by atoms with Crippen LogP contribution in [0.25, 0.3) is 82.1 Å². The third-order valence-corrected chi connectivity index (χ3v) is 13.5. The average Bonchev–Trinajstić information content (AvgIpc) is 3.77. The lowest BCUT2D eigenvalue weighted by molar-refractivity contribution is 0.574. The number of para-hydroxylation sites is 1. The molecule has 0 amide bonds. The second-order valence-corrected chi connectivity index (χ2v) is 17.1. The van der Waals surface area contributed by atoms with Crippen LogP contribution in [0.4, 0.5) is 17.1 Å². The van der Waals surface area contributed by atoms with Crippen LogP contribution in [0.2, 0.25) is 0 Å². The SMILES string of the molecule is CC1(C)C2=C(CCCC2)c2ccc(N(c3ccc(-c4cc5oc6ccccc6c5cc4-c4ccccc4)cc3)c3ccc4c5ccccc5c5ccccc5c4c3)cc21. The van der Waals surface area contributed by atoms with Crippen molar-refractivity contribution < 1.29 is 4.42 Å². The molecule has 0 unspecified atom stereocenters. The lowest BCUT2D eigenvalue weighted by Crippen LogP contribution is -2.19. The molecule has 0 spiro atoms. The number of allylic oxidation sites excluding steroid dienone is 2. The van der Waals surface area contributed by atoms with Gasteiger partial charge in [0.05, 0.1) is 0 Å². The molecule has 9 aromatic carbocycles. The minimum Gasteiger partial charge on any atom is -0.456 e. The van der Waals surface area contributed by atoms with E-state index < -0.39 is 0 Å². The van der Waals surface area contributed by atoms with Gasteiger partial charge in [0.15, 0.2) is 0 Å². The minimum atomic E-state index is 0.0122. The van der Waals surface area contributed by atoms with Crippen molar-refractivity contribution in [1.82, 2.24) is 0 Å². The van der Waals surface area contributed by atoms with Crippen molar-refractivity contribution in [3.8, 4) is 22.3 Å². The molecule has 0 N–H and O–H groups in total. The zero-order chi connectivity index (χ0) is 39.2. The van der Waals surface area contributed by atoms with Gasteiger partial charge in [0.1, 0.15) is 11.2 Å². The Morgan fingerprint density at radius 1 is 0.407 bits per heavy atom. The summed E-state index contributed by atoms with van der Waals surface area (Å²) in [7, 11) is 0. The quantitative estimate of drug-likeness (QED) is 0.163. The van der Waals surface area contributed by atoms with Crippen LogP contribution in [-0.2, 0) is 5.41 Å². The molecule has 2 aliphatic rings. The number of fused-ring (bicyclic) bond motifs is 11. The van der Waals surface area contributed by atoms with Crippen LogP contribution in [0, 0.1) is 0 Å². The number of hydrogen-bond acceptors (Lipinski definition) is 2. The maximum absolute atomic E-state index is 6.45. The number of rotatable bonds is 5. The first-order valence-corrected chi connectivity index (χ1v) is 21.1. The van der Waals surface area contributed by atoms with Crippen molar-refractivity contribution in [3.05, 3.63) is 193 Å². The highest BCUT2D eigenvalue weighted by molar-refractivity contribution is 6.25. The lowest BCUT2D eigenvalue weighted by atomic mass is 9.77. The van der Waals surface area contributed by atoms with Crippen LogP contribution in [0.5, 0.6) is 0 Å². The van der Waals surface area contributed by atoms with Crippen LogP contribution in [0.15, 0.2) is 186 Å². The van der Waals surface area contributed by atoms with Crippen LogP contribution in [-0.4, -0.2) is 0 Å². The van der Waals surface area contributed by atoms with Gasteiger partial charge in [-0.25, -0.2) is 0 Å². The van der Waals surface area contributed by atoms with E-state index in [-0.39, 0.29) is 5.41 Å². The van der Waals surface area contributed by atoms with E-state index in [4.69, 9.17) is 4.42 Å². The fourth-order valence-electron chi connectivity index (χ4n) is 10.6. The molecule has 1 heterocycles. The number of anilines is 3. The number of nitrogens with zero attached hydrogens (tertiary/aromatic N) is 1. The molecule has 10 aromatic rings. The molecule has 0 atom stereocenters. The molecular formula is C57H43NO. The van der Waals surface area contributed by atoms with Gasteiger partial charge < -0.3 is 9.32 Å². The fourth-order valence-corrected chi connectivity index (χ4v) is 10.6. The minimum absolute atomic E-state index is 0.0122. The smallest absolute Gasteiger partial charge is 0.136 e. The molecule has 59 heavy (non-hydrogen) atoms. The van der Waals surface area contributed by atoms with E-state index in [1.54, 1.807) is 11.1 Å². The molecule has 2 heteroatoms. The van der Waals surface area contributed by atoms with E-state index in [1.165, 1.54) is 85.9 Å². The molecule has 1 aromatic heterocycles. The largest absolute Gasteiger partial charge is 0.456 e. The molecular weight excluding hydrogens is 715 g/mol. The summed E-state index contributed by atoms with van der Waals surface area (Å²) >= 11 is 0. The van der Waals surface area contributed by atoms with Gasteiger partial charge in [-0.1, -0.05) is 141 Å². The number of furan rings is 1. The molecule has 2 nitrogen and oxygen atoms in total. The maximum atomic E-state index is 6.45. The van der Waals surface area contributed by atoms with Gasteiger partial charge in [-0.3, -0.25) is 0 Å². The maximum Gasteiger partial charge on any atom is 0.136 e. The zero-order valence-corrected chi connectivity index (χ0v) is 33.4. The molecule has 0 bridgehead atoms. The Kier molecular flexibility index (Phi) is 7.56. The van der Waals surface area contributed by atoms with Gasteiger partial charge in [-0.05, 0) is 152 Å². The highest BCUT2D eigenvalue weighted by Crippen LogP contribution is 2.53. The Morgan fingerprint density at radius 3 is 1.71 bits per heavy atom. The Morgan fingerprint density at radius 2 is 0.966 bits per heavy atom. The molecule has 0 saturated heterocycles. The Balaban J connectivity index is 1.05. The van der Waals surface area contributed by atoms with Crippen molar-refractivity contribution in [2.75, 3.05) is 4.90 Å². The van der Waals surface area contributed by atoms with Crippen molar-refractivity contribution >= 4 is 76.9 Å². The number of hydrogen-bond donors (Lipinski definition) is 0. The van der Waals surface area contributed by atoms with Crippen LogP contribution >= 0.6 is 0 Å². The zero-order valence-electron chi connectivity index (χ0n) is 33.4. The highest BCUT2D eigenvalue weighted by atomic mass is 16.3. The standard InChI is InChI=1S/C57H43NO/c1-57(2)53-22-12-10-20-46(53)47-31-29-40(33-54(47)57)58(39-28-30-45-43-18-7-6-16-41(43)42-17-8-9-19-44(42)51(45)32-39)38-26-24-37(25-27-38)50-35-56-52(48-21-11-13-23-55(48)59-56)34-49(50)36-14-4-3-5-15-36/h3-9,11,13-19,21,23-35H,10,12,20,22H2,1-2H3. The van der Waals surface area contributed by atoms with Crippen LogP contribution < -0.4 is 4.90 Å². The van der Waals surface area contributed by atoms with E-state index in [1.807, 2.05) is 6.07 Å². The van der Waals surface area contributed by atoms with Crippen molar-refractivity contribution in [1.29, 1.82) is 0 Å². The molecule has 0 radical (unpaired) electrons. The lowest BCUT2D eigenvalue weighted by Gasteiger charge is -2.30. The molecule has 282 valence electrons. The summed E-state index contributed by atoms with van der Waals surface area (Å²) in [5, 5.41) is 9.97. The summed E-state index contributed by atoms with van der Waals surface area (Å²) in [5.74, 6) is 0. The van der Waals surface area contributed by atoms with E-state index in [2.05, 4.69) is 189 Å². The summed E-state index contributed by atoms with van der Waals surface area (Å²) < 4.78 is 6.45. The summed E-state index contributed by atoms with van der Waals surface area (Å²) in [4.78, 5) is 2.47. The third kappa shape index (κ3) is 5.26. The van der Waals surface area contributed by atoms with E-state index in [0.717, 1.165) is 44.4 Å². The summed E-state index contributed by atoms with van der Waals surface area (Å²) in [5.41, 5.74) is 16.1. The predicted molar refractivity (Wildman–Crippen MR) is 250 cm³/mol. The Hall–Kier alpha value is -6.90. The molecule has 0 fully saturated rings. The average molecular weight is 758 g/mol. The topological polar surface area (TPSA) is 16.4 Å². The second-order valence-electron chi connectivity index (χ2n) is 17.1. The monoisotopic (exact) mass is 757 g/mol. The number of benzene rings is 9. The normalized spacial score (nSPS) is 14.7. The van der Waals surface area contributed by atoms with Gasteiger partial charge in [-0.2, -0.15) is 0 Å². The van der Waals surface area contributed by atoms with Crippen molar-refractivity contribution in [3.63, 3.8) is 0 Å². The van der Waals surface area contributed by atoms with E-state index in [9.17, 15) is 0 Å². The van der Waals surface area contributed by atoms with Gasteiger partial charge in [0.25, 0.3) is 0 Å². The second kappa shape index (κ2) is 13.1. The van der Waals surface area contributed by atoms with Gasteiger partial charge in [0.2, 0.25) is 0 Å². The first kappa shape index (κ1) is 34.2. The van der Waals surface area contributed by atoms with E-state index >= 15 is 0 Å². The van der Waals surface area contributed by atoms with Crippen LogP contribution in [0.3, 0.4) is 0 Å². The third-order valence-electron chi connectivity index (χ3n) is 13.5. The molecule has 0 saturated carbocycles. The fraction of sp³-hybridized carbons (Fsp3) is 0.123. The van der Waals surface area contributed by atoms with Crippen molar-refractivity contribution in [2.45, 2.75) is 44.9 Å². The molecule has 12 rings (SSSR count). The first-order chi connectivity index (χ1) is 29.0. The predicted octanol–water partition coefficient (Wildman–Crippen LogP) is 16.5. The van der Waals surface area contributed by atoms with Gasteiger partial charge in [0, 0.05) is 33.2 Å². The Bertz CT molecular complexity index is 3310. The highest BCUT2D eigenvalue weighted by Gasteiger charge is 2.38. The van der Waals surface area contributed by atoms with Crippen molar-refractivity contribution in [2.24, 2.45) is 0 Å². The summed E-state index contributed by atoms with van der Waals surface area (Å²) in [6.45, 7) is 4.89. The first-order valence-electron chi connectivity index (χ1n) is 21.1. The summed E-state index contributed by atoms with van der Waals surface area (Å²) in [6, 6.07) is 64.9. The summed E-state index contributed by atoms with van der Waals surface area (Å²) in [6.07, 6.45) is 4.96.